The van der Waals surface area contributed by atoms with Crippen LogP contribution in [0.25, 0.3) is 0 Å². The Morgan fingerprint density at radius 3 is 3.06 bits per heavy atom. The third kappa shape index (κ3) is 3.15. The Labute approximate surface area is 106 Å². The summed E-state index contributed by atoms with van der Waals surface area (Å²) in [7, 11) is 0. The van der Waals surface area contributed by atoms with Crippen LogP contribution >= 0.6 is 22.9 Å². The van der Waals surface area contributed by atoms with Crippen LogP contribution < -0.4 is 10.9 Å². The molecule has 88 valence electrons. The van der Waals surface area contributed by atoms with Crippen molar-refractivity contribution < 1.29 is 4.79 Å². The fraction of sp³-hybridized carbons (Fsp3) is 0.100. The monoisotopic (exact) mass is 269 g/mol. The maximum Gasteiger partial charge on any atom is 0.251 e. The normalized spacial score (nSPS) is 10.2. The van der Waals surface area contributed by atoms with Gasteiger partial charge in [0.05, 0.1) is 5.02 Å². The molecule has 0 radical (unpaired) electrons. The third-order valence-corrected chi connectivity index (χ3v) is 2.85. The number of aromatic nitrogens is 2. The molecule has 5 nitrogen and oxygen atoms in total. The molecule has 1 N–H and O–H groups in total. The van der Waals surface area contributed by atoms with Crippen LogP contribution in [0, 0.1) is 0 Å². The molecule has 0 spiro atoms. The predicted molar refractivity (Wildman–Crippen MR) is 66.5 cm³/mol. The molecular formula is C10H8ClN3O2S. The molecule has 2 aromatic heterocycles. The number of anilines is 1. The van der Waals surface area contributed by atoms with E-state index < -0.39 is 0 Å². The number of hydrogen-bond acceptors (Lipinski definition) is 4. The van der Waals surface area contributed by atoms with Gasteiger partial charge >= 0.3 is 0 Å². The van der Waals surface area contributed by atoms with Crippen LogP contribution in [0.4, 0.5) is 5.13 Å². The summed E-state index contributed by atoms with van der Waals surface area (Å²) in [6.07, 6.45) is 3.01. The molecule has 0 saturated heterocycles. The fourth-order valence-electron chi connectivity index (χ4n) is 1.22. The highest BCUT2D eigenvalue weighted by Crippen LogP contribution is 2.10. The number of thiazole rings is 1. The van der Waals surface area contributed by atoms with E-state index in [4.69, 9.17) is 11.6 Å². The minimum Gasteiger partial charge on any atom is -0.305 e. The number of rotatable bonds is 3. The highest BCUT2D eigenvalue weighted by molar-refractivity contribution is 7.13. The summed E-state index contributed by atoms with van der Waals surface area (Å²) in [5, 5.41) is 5.25. The van der Waals surface area contributed by atoms with Crippen LogP contribution in [0.5, 0.6) is 0 Å². The number of carbonyl (C=O) groups is 1. The average molecular weight is 270 g/mol. The first kappa shape index (κ1) is 11.8. The molecule has 0 unspecified atom stereocenters. The van der Waals surface area contributed by atoms with Crippen molar-refractivity contribution in [2.75, 3.05) is 5.32 Å². The molecule has 0 bridgehead atoms. The summed E-state index contributed by atoms with van der Waals surface area (Å²) in [4.78, 5) is 26.9. The van der Waals surface area contributed by atoms with Gasteiger partial charge in [0.15, 0.2) is 5.13 Å². The van der Waals surface area contributed by atoms with E-state index in [-0.39, 0.29) is 18.0 Å². The Morgan fingerprint density at radius 2 is 2.35 bits per heavy atom. The summed E-state index contributed by atoms with van der Waals surface area (Å²) < 4.78 is 1.24. The number of hydrogen-bond donors (Lipinski definition) is 1. The number of halogens is 1. The zero-order valence-corrected chi connectivity index (χ0v) is 10.2. The lowest BCUT2D eigenvalue weighted by atomic mass is 10.4. The molecule has 2 rings (SSSR count). The number of nitrogens with one attached hydrogen (secondary N) is 1. The second-order valence-corrected chi connectivity index (χ2v) is 4.53. The van der Waals surface area contributed by atoms with Gasteiger partial charge in [-0.3, -0.25) is 9.59 Å². The van der Waals surface area contributed by atoms with E-state index in [1.807, 2.05) is 0 Å². The van der Waals surface area contributed by atoms with Crippen molar-refractivity contribution in [3.8, 4) is 0 Å². The first-order chi connectivity index (χ1) is 8.15. The minimum atomic E-state index is -0.315. The second kappa shape index (κ2) is 5.11. The van der Waals surface area contributed by atoms with E-state index in [1.54, 1.807) is 11.6 Å². The van der Waals surface area contributed by atoms with Gasteiger partial charge in [-0.25, -0.2) is 4.98 Å². The average Bonchev–Trinajstić information content (AvgIpc) is 2.76. The SMILES string of the molecule is O=C(Cn1cc(Cl)ccc1=O)Nc1nccs1. The van der Waals surface area contributed by atoms with Crippen LogP contribution in [-0.2, 0) is 11.3 Å². The van der Waals surface area contributed by atoms with Crippen LogP contribution in [0.3, 0.4) is 0 Å². The van der Waals surface area contributed by atoms with Crippen molar-refractivity contribution in [1.29, 1.82) is 0 Å². The second-order valence-electron chi connectivity index (χ2n) is 3.20. The third-order valence-electron chi connectivity index (χ3n) is 1.94. The molecule has 1 amide bonds. The molecule has 2 aromatic rings. The molecule has 17 heavy (non-hydrogen) atoms. The molecular weight excluding hydrogens is 262 g/mol. The molecule has 0 aliphatic rings. The van der Waals surface area contributed by atoms with Gasteiger partial charge in [0.1, 0.15) is 6.54 Å². The molecule has 0 atom stereocenters. The van der Waals surface area contributed by atoms with E-state index in [9.17, 15) is 9.59 Å². The van der Waals surface area contributed by atoms with Crippen molar-refractivity contribution in [3.05, 3.63) is 45.3 Å². The zero-order valence-electron chi connectivity index (χ0n) is 8.59. The highest BCUT2D eigenvalue weighted by atomic mass is 35.5. The molecule has 0 fully saturated rings. The van der Waals surface area contributed by atoms with E-state index in [0.29, 0.717) is 10.2 Å². The first-order valence-corrected chi connectivity index (χ1v) is 5.96. The van der Waals surface area contributed by atoms with Gasteiger partial charge < -0.3 is 9.88 Å². The number of pyridine rings is 1. The van der Waals surface area contributed by atoms with Crippen molar-refractivity contribution in [3.63, 3.8) is 0 Å². The Bertz CT molecular complexity index is 579. The molecule has 0 aromatic carbocycles. The summed E-state index contributed by atoms with van der Waals surface area (Å²) in [5.41, 5.74) is -0.274. The Morgan fingerprint density at radius 1 is 1.53 bits per heavy atom. The van der Waals surface area contributed by atoms with Gasteiger partial charge in [-0.15, -0.1) is 11.3 Å². The van der Waals surface area contributed by atoms with Gasteiger partial charge in [0.25, 0.3) is 5.56 Å². The first-order valence-electron chi connectivity index (χ1n) is 4.70. The van der Waals surface area contributed by atoms with Crippen molar-refractivity contribution >= 4 is 34.0 Å². The van der Waals surface area contributed by atoms with Gasteiger partial charge in [-0.1, -0.05) is 11.6 Å². The minimum absolute atomic E-state index is 0.0844. The van der Waals surface area contributed by atoms with Gasteiger partial charge in [-0.05, 0) is 6.07 Å². The Balaban J connectivity index is 2.08. The smallest absolute Gasteiger partial charge is 0.251 e. The topological polar surface area (TPSA) is 64.0 Å². The summed E-state index contributed by atoms with van der Waals surface area (Å²) in [6, 6.07) is 2.80. The number of amides is 1. The maximum absolute atomic E-state index is 11.6. The maximum atomic E-state index is 11.6. The van der Waals surface area contributed by atoms with Gasteiger partial charge in [-0.2, -0.15) is 0 Å². The quantitative estimate of drug-likeness (QED) is 0.920. The van der Waals surface area contributed by atoms with E-state index in [0.717, 1.165) is 0 Å². The van der Waals surface area contributed by atoms with Crippen LogP contribution in [-0.4, -0.2) is 15.5 Å². The summed E-state index contributed by atoms with van der Waals surface area (Å²) in [5.74, 6) is -0.315. The van der Waals surface area contributed by atoms with Crippen LogP contribution in [0.2, 0.25) is 5.02 Å². The summed E-state index contributed by atoms with van der Waals surface area (Å²) >= 11 is 7.05. The lowest BCUT2D eigenvalue weighted by Gasteiger charge is -2.05. The Hall–Kier alpha value is -1.66. The lowest BCUT2D eigenvalue weighted by Crippen LogP contribution is -2.26. The van der Waals surface area contributed by atoms with E-state index in [1.165, 1.54) is 34.2 Å². The number of carbonyl (C=O) groups excluding carboxylic acids is 1. The van der Waals surface area contributed by atoms with Gasteiger partial charge in [0.2, 0.25) is 5.91 Å². The van der Waals surface area contributed by atoms with Crippen molar-refractivity contribution in [2.24, 2.45) is 0 Å². The molecule has 0 saturated carbocycles. The van der Waals surface area contributed by atoms with E-state index in [2.05, 4.69) is 10.3 Å². The standard InChI is InChI=1S/C10H8ClN3O2S/c11-7-1-2-9(16)14(5-7)6-8(15)13-10-12-3-4-17-10/h1-5H,6H2,(H,12,13,15). The number of nitrogens with zero attached hydrogens (tertiary/aromatic N) is 2. The molecule has 7 heteroatoms. The summed E-state index contributed by atoms with van der Waals surface area (Å²) in [6.45, 7) is -0.0844. The van der Waals surface area contributed by atoms with E-state index >= 15 is 0 Å². The molecule has 0 aliphatic carbocycles. The molecule has 0 aliphatic heterocycles. The zero-order chi connectivity index (χ0) is 12.3. The predicted octanol–water partition coefficient (Wildman–Crippen LogP) is 1.60. The van der Waals surface area contributed by atoms with Gasteiger partial charge in [0, 0.05) is 23.8 Å². The lowest BCUT2D eigenvalue weighted by molar-refractivity contribution is -0.116. The van der Waals surface area contributed by atoms with Crippen LogP contribution in [0.15, 0.2) is 34.7 Å². The van der Waals surface area contributed by atoms with Crippen molar-refractivity contribution in [2.45, 2.75) is 6.54 Å². The van der Waals surface area contributed by atoms with Crippen LogP contribution in [0.1, 0.15) is 0 Å². The van der Waals surface area contributed by atoms with Crippen molar-refractivity contribution in [1.82, 2.24) is 9.55 Å². The molecule has 2 heterocycles. The Kier molecular flexibility index (Phi) is 3.55. The highest BCUT2D eigenvalue weighted by Gasteiger charge is 2.06. The largest absolute Gasteiger partial charge is 0.305 e. The fourth-order valence-corrected chi connectivity index (χ4v) is 1.95.